The van der Waals surface area contributed by atoms with E-state index in [0.717, 1.165) is 6.92 Å². The first-order valence-corrected chi connectivity index (χ1v) is 2.14. The number of carbonyl (C=O) groups is 2. The average Bonchev–Trinajstić information content (AvgIpc) is 1.63. The van der Waals surface area contributed by atoms with Crippen LogP contribution in [0, 0.1) is 0 Å². The number of carbonyl (C=O) groups excluding carboxylic acids is 2. The minimum Gasteiger partial charge on any atom is -0.545 e. The fraction of sp³-hybridized carbons (Fsp3) is 0.200. The third-order valence-corrected chi connectivity index (χ3v) is 0.656. The van der Waals surface area contributed by atoms with Crippen molar-refractivity contribution < 1.29 is 19.8 Å². The summed E-state index contributed by atoms with van der Waals surface area (Å²) >= 11 is 0. The molecule has 0 radical (unpaired) electrons. The molecule has 0 aromatic rings. The Balaban J connectivity index is 0. The van der Waals surface area contributed by atoms with Gasteiger partial charge in [-0.15, -0.1) is 0 Å². The molecule has 10 heavy (non-hydrogen) atoms. The molecule has 0 saturated carbocycles. The van der Waals surface area contributed by atoms with E-state index in [1.807, 2.05) is 0 Å². The molecule has 0 aliphatic carbocycles. The maximum atomic E-state index is 9.76. The van der Waals surface area contributed by atoms with Crippen LogP contribution < -0.4 is 10.2 Å². The number of rotatable bonds is 2. The van der Waals surface area contributed by atoms with E-state index in [-0.39, 0.29) is 43.3 Å². The Hall–Kier alpha value is -0.0603. The normalized spacial score (nSPS) is 9.90. The molecule has 0 aliphatic rings. The van der Waals surface area contributed by atoms with Gasteiger partial charge in [-0.05, 0) is 18.6 Å². The standard InChI is InChI=1S/C5H6O4.Ca/c1-3(5(8)9)2-4(6)7;/h2H,1H3,(H,6,7)(H,8,9);/q;+2/p-2/b3-2+;. The van der Waals surface area contributed by atoms with Gasteiger partial charge in [-0.1, -0.05) is 0 Å². The first-order chi connectivity index (χ1) is 4.04. The van der Waals surface area contributed by atoms with E-state index in [2.05, 4.69) is 0 Å². The van der Waals surface area contributed by atoms with Gasteiger partial charge >= 0.3 is 37.7 Å². The zero-order valence-electron chi connectivity index (χ0n) is 5.42. The first-order valence-electron chi connectivity index (χ1n) is 2.14. The summed E-state index contributed by atoms with van der Waals surface area (Å²) in [5.41, 5.74) is -0.352. The molecular weight excluding hydrogens is 164 g/mol. The zero-order chi connectivity index (χ0) is 7.44. The largest absolute Gasteiger partial charge is 2.00 e. The molecule has 0 aromatic heterocycles. The van der Waals surface area contributed by atoms with Gasteiger partial charge in [0.05, 0.1) is 11.9 Å². The summed E-state index contributed by atoms with van der Waals surface area (Å²) in [4.78, 5) is 19.4. The molecule has 0 atom stereocenters. The second kappa shape index (κ2) is 5.70. The topological polar surface area (TPSA) is 80.3 Å². The first kappa shape index (κ1) is 12.6. The van der Waals surface area contributed by atoms with Gasteiger partial charge in [-0.3, -0.25) is 0 Å². The van der Waals surface area contributed by atoms with Crippen molar-refractivity contribution >= 4 is 49.7 Å². The molecule has 0 saturated heterocycles. The van der Waals surface area contributed by atoms with E-state index in [0.29, 0.717) is 6.08 Å². The summed E-state index contributed by atoms with van der Waals surface area (Å²) in [6.07, 6.45) is 0.468. The van der Waals surface area contributed by atoms with Crippen LogP contribution in [-0.4, -0.2) is 49.7 Å². The van der Waals surface area contributed by atoms with Gasteiger partial charge in [-0.25, -0.2) is 0 Å². The molecule has 0 N–H and O–H groups in total. The van der Waals surface area contributed by atoms with E-state index in [4.69, 9.17) is 0 Å². The molecule has 0 amide bonds. The summed E-state index contributed by atoms with van der Waals surface area (Å²) in [5, 5.41) is 19.4. The number of carboxylic acid groups (broad SMARTS) is 2. The van der Waals surface area contributed by atoms with Crippen molar-refractivity contribution in [1.82, 2.24) is 0 Å². The number of aliphatic carboxylic acids is 2. The van der Waals surface area contributed by atoms with Crippen molar-refractivity contribution in [3.05, 3.63) is 11.6 Å². The van der Waals surface area contributed by atoms with Gasteiger partial charge in [0, 0.05) is 0 Å². The smallest absolute Gasteiger partial charge is 0.545 e. The van der Waals surface area contributed by atoms with Crippen molar-refractivity contribution in [1.29, 1.82) is 0 Å². The summed E-state index contributed by atoms with van der Waals surface area (Å²) in [6.45, 7) is 1.12. The van der Waals surface area contributed by atoms with Gasteiger partial charge in [0.2, 0.25) is 0 Å². The zero-order valence-corrected chi connectivity index (χ0v) is 7.63. The van der Waals surface area contributed by atoms with Crippen LogP contribution in [0.25, 0.3) is 0 Å². The Morgan fingerprint density at radius 2 is 1.70 bits per heavy atom. The van der Waals surface area contributed by atoms with E-state index < -0.39 is 11.9 Å². The van der Waals surface area contributed by atoms with Crippen molar-refractivity contribution in [2.75, 3.05) is 0 Å². The minimum atomic E-state index is -1.53. The van der Waals surface area contributed by atoms with Crippen molar-refractivity contribution in [2.24, 2.45) is 0 Å². The van der Waals surface area contributed by atoms with Crippen LogP contribution in [0.1, 0.15) is 6.92 Å². The third kappa shape index (κ3) is 6.07. The van der Waals surface area contributed by atoms with E-state index in [9.17, 15) is 19.8 Å². The van der Waals surface area contributed by atoms with Gasteiger partial charge in [-0.2, -0.15) is 0 Å². The molecule has 0 spiro atoms. The summed E-state index contributed by atoms with van der Waals surface area (Å²) in [6, 6.07) is 0. The summed E-state index contributed by atoms with van der Waals surface area (Å²) in [5.74, 6) is -3.03. The number of hydrogen-bond acceptors (Lipinski definition) is 4. The number of hydrogen-bond donors (Lipinski definition) is 0. The monoisotopic (exact) mass is 168 g/mol. The van der Waals surface area contributed by atoms with Gasteiger partial charge in [0.15, 0.2) is 0 Å². The maximum absolute atomic E-state index is 9.76. The van der Waals surface area contributed by atoms with E-state index in [1.165, 1.54) is 0 Å². The van der Waals surface area contributed by atoms with E-state index in [1.54, 1.807) is 0 Å². The third-order valence-electron chi connectivity index (χ3n) is 0.656. The number of carboxylic acids is 2. The Morgan fingerprint density at radius 1 is 1.30 bits per heavy atom. The minimum absolute atomic E-state index is 0. The second-order valence-corrected chi connectivity index (χ2v) is 1.43. The van der Waals surface area contributed by atoms with Gasteiger partial charge < -0.3 is 19.8 Å². The van der Waals surface area contributed by atoms with Crippen LogP contribution in [0.15, 0.2) is 11.6 Å². The molecule has 4 nitrogen and oxygen atoms in total. The molecule has 0 fully saturated rings. The molecule has 0 unspecified atom stereocenters. The molecule has 0 aliphatic heterocycles. The molecule has 5 heteroatoms. The second-order valence-electron chi connectivity index (χ2n) is 1.43. The Kier molecular flexibility index (Phi) is 7.19. The molecule has 0 bridgehead atoms. The van der Waals surface area contributed by atoms with Crippen LogP contribution >= 0.6 is 0 Å². The summed E-state index contributed by atoms with van der Waals surface area (Å²) in [7, 11) is 0. The van der Waals surface area contributed by atoms with Crippen LogP contribution in [0.4, 0.5) is 0 Å². The molecule has 0 heterocycles. The Morgan fingerprint density at radius 3 is 1.80 bits per heavy atom. The average molecular weight is 168 g/mol. The Bertz CT molecular complexity index is 172. The van der Waals surface area contributed by atoms with Crippen molar-refractivity contribution in [3.8, 4) is 0 Å². The fourth-order valence-corrected chi connectivity index (χ4v) is 0.236. The Labute approximate surface area is 87.5 Å². The quantitative estimate of drug-likeness (QED) is 0.326. The SMILES string of the molecule is C/C(=C\C(=O)[O-])C(=O)[O-].[Ca+2]. The van der Waals surface area contributed by atoms with Crippen LogP contribution in [0.3, 0.4) is 0 Å². The van der Waals surface area contributed by atoms with E-state index >= 15 is 0 Å². The van der Waals surface area contributed by atoms with Crippen LogP contribution in [0.2, 0.25) is 0 Å². The fourth-order valence-electron chi connectivity index (χ4n) is 0.236. The molecule has 50 valence electrons. The van der Waals surface area contributed by atoms with Gasteiger partial charge in [0.25, 0.3) is 0 Å². The van der Waals surface area contributed by atoms with Gasteiger partial charge in [0.1, 0.15) is 0 Å². The maximum Gasteiger partial charge on any atom is 2.00 e. The van der Waals surface area contributed by atoms with Crippen molar-refractivity contribution in [2.45, 2.75) is 6.92 Å². The van der Waals surface area contributed by atoms with Crippen LogP contribution in [-0.2, 0) is 9.59 Å². The van der Waals surface area contributed by atoms with Crippen LogP contribution in [0.5, 0.6) is 0 Å². The van der Waals surface area contributed by atoms with Crippen molar-refractivity contribution in [3.63, 3.8) is 0 Å². The predicted octanol–water partition coefficient (Wildman–Crippen LogP) is -2.95. The molecular formula is C5H4CaO4. The molecule has 0 aromatic carbocycles. The summed E-state index contributed by atoms with van der Waals surface area (Å²) < 4.78 is 0. The predicted molar refractivity (Wildman–Crippen MR) is 29.5 cm³/mol. The molecule has 0 rings (SSSR count).